The molecule has 1 unspecified atom stereocenters. The molecule has 1 fully saturated rings. The minimum atomic E-state index is -0.860. The van der Waals surface area contributed by atoms with Crippen molar-refractivity contribution in [3.63, 3.8) is 0 Å². The number of carbonyl (C=O) groups excluding carboxylic acids is 3. The lowest BCUT2D eigenvalue weighted by atomic mass is 10.1. The third-order valence-corrected chi connectivity index (χ3v) is 4.29. The predicted octanol–water partition coefficient (Wildman–Crippen LogP) is 0.559. The molecule has 1 aromatic heterocycles. The first-order valence-electron chi connectivity index (χ1n) is 8.60. The van der Waals surface area contributed by atoms with E-state index in [1.165, 1.54) is 12.0 Å². The average molecular weight is 372 g/mol. The van der Waals surface area contributed by atoms with E-state index < -0.39 is 12.0 Å². The van der Waals surface area contributed by atoms with Crippen molar-refractivity contribution in [3.8, 4) is 11.4 Å². The SMILES string of the molecule is COC(=O)CC1C(=O)NCCN1C(=O)CCc1nc(-c2ccccc2)no1. The van der Waals surface area contributed by atoms with Gasteiger partial charge in [-0.25, -0.2) is 0 Å². The summed E-state index contributed by atoms with van der Waals surface area (Å²) in [5.74, 6) is -0.353. The molecule has 142 valence electrons. The van der Waals surface area contributed by atoms with Crippen molar-refractivity contribution in [1.82, 2.24) is 20.4 Å². The second-order valence-electron chi connectivity index (χ2n) is 6.05. The molecule has 27 heavy (non-hydrogen) atoms. The molecule has 1 saturated heterocycles. The van der Waals surface area contributed by atoms with Crippen molar-refractivity contribution in [2.24, 2.45) is 0 Å². The van der Waals surface area contributed by atoms with Gasteiger partial charge in [0.15, 0.2) is 0 Å². The van der Waals surface area contributed by atoms with E-state index in [4.69, 9.17) is 4.52 Å². The number of ether oxygens (including phenoxy) is 1. The highest BCUT2D eigenvalue weighted by molar-refractivity contribution is 5.91. The molecule has 1 aliphatic heterocycles. The Hall–Kier alpha value is -3.23. The predicted molar refractivity (Wildman–Crippen MR) is 93.2 cm³/mol. The van der Waals surface area contributed by atoms with Crippen LogP contribution in [0.3, 0.4) is 0 Å². The number of carbonyl (C=O) groups is 3. The fraction of sp³-hybridized carbons (Fsp3) is 0.389. The maximum Gasteiger partial charge on any atom is 0.308 e. The Bertz CT molecular complexity index is 820. The number of rotatable bonds is 6. The van der Waals surface area contributed by atoms with Gasteiger partial charge in [-0.05, 0) is 0 Å². The van der Waals surface area contributed by atoms with Crippen LogP contribution in [0.4, 0.5) is 0 Å². The number of aromatic nitrogens is 2. The van der Waals surface area contributed by atoms with E-state index in [1.807, 2.05) is 30.3 Å². The van der Waals surface area contributed by atoms with Crippen LogP contribution in [0.1, 0.15) is 18.7 Å². The van der Waals surface area contributed by atoms with Gasteiger partial charge in [0.1, 0.15) is 6.04 Å². The van der Waals surface area contributed by atoms with Crippen LogP contribution in [0.5, 0.6) is 0 Å². The Morgan fingerprint density at radius 1 is 1.33 bits per heavy atom. The zero-order valence-corrected chi connectivity index (χ0v) is 14.9. The third kappa shape index (κ3) is 4.49. The standard InChI is InChI=1S/C18H20N4O5/c1-26-16(24)11-13-18(25)19-9-10-22(13)15(23)8-7-14-20-17(21-27-14)12-5-3-2-4-6-12/h2-6,13H,7-11H2,1H3,(H,19,25). The van der Waals surface area contributed by atoms with Gasteiger partial charge < -0.3 is 19.5 Å². The van der Waals surface area contributed by atoms with Gasteiger partial charge in [-0.3, -0.25) is 14.4 Å². The van der Waals surface area contributed by atoms with Crippen molar-refractivity contribution in [3.05, 3.63) is 36.2 Å². The zero-order valence-electron chi connectivity index (χ0n) is 14.9. The lowest BCUT2D eigenvalue weighted by molar-refractivity contribution is -0.150. The summed E-state index contributed by atoms with van der Waals surface area (Å²) in [6, 6.07) is 8.51. The van der Waals surface area contributed by atoms with E-state index in [1.54, 1.807) is 0 Å². The van der Waals surface area contributed by atoms with Gasteiger partial charge in [-0.1, -0.05) is 35.5 Å². The van der Waals surface area contributed by atoms with Gasteiger partial charge in [-0.2, -0.15) is 4.98 Å². The van der Waals surface area contributed by atoms with Crippen LogP contribution < -0.4 is 5.32 Å². The van der Waals surface area contributed by atoms with E-state index in [2.05, 4.69) is 20.2 Å². The maximum atomic E-state index is 12.6. The Kier molecular flexibility index (Phi) is 5.80. The van der Waals surface area contributed by atoms with E-state index in [0.29, 0.717) is 24.8 Å². The fourth-order valence-corrected chi connectivity index (χ4v) is 2.88. The Balaban J connectivity index is 1.61. The topological polar surface area (TPSA) is 115 Å². The van der Waals surface area contributed by atoms with Crippen LogP contribution >= 0.6 is 0 Å². The molecule has 0 aliphatic carbocycles. The number of hydrogen-bond donors (Lipinski definition) is 1. The number of hydrogen-bond acceptors (Lipinski definition) is 7. The van der Waals surface area contributed by atoms with E-state index in [-0.39, 0.29) is 31.1 Å². The monoisotopic (exact) mass is 372 g/mol. The van der Waals surface area contributed by atoms with Crippen LogP contribution in [0.2, 0.25) is 0 Å². The molecule has 0 spiro atoms. The normalized spacial score (nSPS) is 16.7. The number of aryl methyl sites for hydroxylation is 1. The number of esters is 1. The summed E-state index contributed by atoms with van der Waals surface area (Å²) in [7, 11) is 1.25. The Labute approximate surface area is 155 Å². The minimum absolute atomic E-state index is 0.0986. The van der Waals surface area contributed by atoms with Crippen LogP contribution in [-0.2, 0) is 25.5 Å². The quantitative estimate of drug-likeness (QED) is 0.737. The fourth-order valence-electron chi connectivity index (χ4n) is 2.88. The highest BCUT2D eigenvalue weighted by Gasteiger charge is 2.34. The molecule has 9 nitrogen and oxygen atoms in total. The number of amides is 2. The molecule has 0 radical (unpaired) electrons. The van der Waals surface area contributed by atoms with Crippen molar-refractivity contribution in [2.75, 3.05) is 20.2 Å². The lowest BCUT2D eigenvalue weighted by Crippen LogP contribution is -2.57. The summed E-state index contributed by atoms with van der Waals surface area (Å²) in [5, 5.41) is 6.58. The first-order valence-corrected chi connectivity index (χ1v) is 8.60. The molecule has 0 bridgehead atoms. The van der Waals surface area contributed by atoms with Gasteiger partial charge in [0.05, 0.1) is 13.5 Å². The molecule has 0 saturated carbocycles. The van der Waals surface area contributed by atoms with Crippen molar-refractivity contribution in [2.45, 2.75) is 25.3 Å². The Morgan fingerprint density at radius 3 is 2.85 bits per heavy atom. The number of benzene rings is 1. The first kappa shape index (κ1) is 18.6. The lowest BCUT2D eigenvalue weighted by Gasteiger charge is -2.34. The van der Waals surface area contributed by atoms with Gasteiger partial charge >= 0.3 is 5.97 Å². The molecule has 3 rings (SSSR count). The van der Waals surface area contributed by atoms with Crippen molar-refractivity contribution < 1.29 is 23.6 Å². The summed E-state index contributed by atoms with van der Waals surface area (Å²) in [4.78, 5) is 41.9. The second kappa shape index (κ2) is 8.43. The smallest absolute Gasteiger partial charge is 0.308 e. The number of nitrogens with zero attached hydrogens (tertiary/aromatic N) is 3. The highest BCUT2D eigenvalue weighted by Crippen LogP contribution is 2.17. The number of nitrogens with one attached hydrogen (secondary N) is 1. The van der Waals surface area contributed by atoms with Gasteiger partial charge in [0.2, 0.25) is 23.5 Å². The Morgan fingerprint density at radius 2 is 2.11 bits per heavy atom. The molecule has 2 amide bonds. The number of methoxy groups -OCH3 is 1. The summed E-state index contributed by atoms with van der Waals surface area (Å²) < 4.78 is 9.81. The third-order valence-electron chi connectivity index (χ3n) is 4.29. The summed E-state index contributed by atoms with van der Waals surface area (Å²) in [5.41, 5.74) is 0.824. The van der Waals surface area contributed by atoms with E-state index in [9.17, 15) is 14.4 Å². The molecule has 1 N–H and O–H groups in total. The molecular weight excluding hydrogens is 352 g/mol. The average Bonchev–Trinajstić information content (AvgIpc) is 3.17. The van der Waals surface area contributed by atoms with Gasteiger partial charge in [0.25, 0.3) is 0 Å². The summed E-state index contributed by atoms with van der Waals surface area (Å²) in [6.07, 6.45) is 0.176. The van der Waals surface area contributed by atoms with E-state index >= 15 is 0 Å². The molecule has 9 heteroatoms. The molecule has 2 heterocycles. The molecule has 1 aliphatic rings. The second-order valence-corrected chi connectivity index (χ2v) is 6.05. The largest absolute Gasteiger partial charge is 0.469 e. The van der Waals surface area contributed by atoms with Gasteiger partial charge in [0, 0.05) is 31.5 Å². The van der Waals surface area contributed by atoms with Gasteiger partial charge in [-0.15, -0.1) is 0 Å². The summed E-state index contributed by atoms with van der Waals surface area (Å²) in [6.45, 7) is 0.687. The zero-order chi connectivity index (χ0) is 19.2. The molecule has 1 aromatic carbocycles. The molecule has 1 atom stereocenters. The van der Waals surface area contributed by atoms with Crippen LogP contribution in [0, 0.1) is 0 Å². The van der Waals surface area contributed by atoms with Crippen LogP contribution in [0.15, 0.2) is 34.9 Å². The summed E-state index contributed by atoms with van der Waals surface area (Å²) >= 11 is 0. The highest BCUT2D eigenvalue weighted by atomic mass is 16.5. The van der Waals surface area contributed by atoms with Crippen molar-refractivity contribution >= 4 is 17.8 Å². The molecular formula is C18H20N4O5. The molecule has 2 aromatic rings. The van der Waals surface area contributed by atoms with Crippen LogP contribution in [-0.4, -0.2) is 59.1 Å². The first-order chi connectivity index (χ1) is 13.1. The van der Waals surface area contributed by atoms with E-state index in [0.717, 1.165) is 5.56 Å². The van der Waals surface area contributed by atoms with Crippen molar-refractivity contribution in [1.29, 1.82) is 0 Å². The minimum Gasteiger partial charge on any atom is -0.469 e. The maximum absolute atomic E-state index is 12.6. The number of piperazine rings is 1. The van der Waals surface area contributed by atoms with Crippen LogP contribution in [0.25, 0.3) is 11.4 Å².